The maximum Gasteiger partial charge on any atom is 0.307 e. The number of rotatable bonds is 2. The highest BCUT2D eigenvalue weighted by molar-refractivity contribution is 5.79. The van der Waals surface area contributed by atoms with Gasteiger partial charge in [-0.3, -0.25) is 9.78 Å². The minimum atomic E-state index is -0.708. The van der Waals surface area contributed by atoms with E-state index in [1.54, 1.807) is 0 Å². The van der Waals surface area contributed by atoms with Gasteiger partial charge in [0.2, 0.25) is 0 Å². The third kappa shape index (κ3) is 1.45. The van der Waals surface area contributed by atoms with Crippen LogP contribution >= 0.6 is 0 Å². The summed E-state index contributed by atoms with van der Waals surface area (Å²) in [7, 11) is 0. The molecule has 0 radical (unpaired) electrons. The summed E-state index contributed by atoms with van der Waals surface area (Å²) in [5.74, 6) is -0.823. The highest BCUT2D eigenvalue weighted by atomic mass is 16.4. The van der Waals surface area contributed by atoms with Crippen LogP contribution in [0.5, 0.6) is 0 Å². The molecule has 3 rings (SSSR count). The van der Waals surface area contributed by atoms with Gasteiger partial charge < -0.3 is 5.11 Å². The van der Waals surface area contributed by atoms with Crippen LogP contribution in [-0.4, -0.2) is 16.1 Å². The summed E-state index contributed by atoms with van der Waals surface area (Å²) < 4.78 is 0. The van der Waals surface area contributed by atoms with E-state index in [0.717, 1.165) is 23.0 Å². The lowest BCUT2D eigenvalue weighted by atomic mass is 10.1. The lowest BCUT2D eigenvalue weighted by Gasteiger charge is -2.01. The van der Waals surface area contributed by atoms with Crippen molar-refractivity contribution >= 4 is 16.9 Å². The third-order valence-corrected chi connectivity index (χ3v) is 3.11. The number of aliphatic carboxylic acids is 1. The van der Waals surface area contributed by atoms with Gasteiger partial charge in [0.1, 0.15) is 0 Å². The minimum Gasteiger partial charge on any atom is -0.481 e. The second-order valence-electron chi connectivity index (χ2n) is 4.22. The predicted octanol–water partition coefficient (Wildman–Crippen LogP) is 2.42. The fourth-order valence-electron chi connectivity index (χ4n) is 2.08. The Morgan fingerprint density at radius 1 is 1.25 bits per heavy atom. The zero-order valence-electron chi connectivity index (χ0n) is 8.63. The van der Waals surface area contributed by atoms with Gasteiger partial charge in [-0.2, -0.15) is 0 Å². The van der Waals surface area contributed by atoms with E-state index in [0.29, 0.717) is 0 Å². The number of pyridine rings is 1. The molecule has 3 heteroatoms. The fraction of sp³-hybridized carbons (Fsp3) is 0.231. The van der Waals surface area contributed by atoms with Gasteiger partial charge in [0.05, 0.1) is 11.4 Å². The van der Waals surface area contributed by atoms with Gasteiger partial charge in [0, 0.05) is 17.0 Å². The Bertz CT molecular complexity index is 565. The number of nitrogens with zero attached hydrogens (tertiary/aromatic N) is 1. The molecule has 1 saturated carbocycles. The summed E-state index contributed by atoms with van der Waals surface area (Å²) in [6.45, 7) is 0. The Hall–Kier alpha value is -1.90. The molecule has 1 aliphatic carbocycles. The van der Waals surface area contributed by atoms with E-state index in [1.807, 2.05) is 36.4 Å². The molecule has 0 aliphatic heterocycles. The van der Waals surface area contributed by atoms with Crippen molar-refractivity contribution in [3.8, 4) is 0 Å². The molecular formula is C13H11NO2. The molecule has 1 aromatic heterocycles. The topological polar surface area (TPSA) is 50.2 Å². The maximum atomic E-state index is 10.8. The van der Waals surface area contributed by atoms with Crippen LogP contribution in [0.2, 0.25) is 0 Å². The van der Waals surface area contributed by atoms with Gasteiger partial charge in [0.15, 0.2) is 0 Å². The number of aromatic nitrogens is 1. The largest absolute Gasteiger partial charge is 0.481 e. The lowest BCUT2D eigenvalue weighted by molar-refractivity contribution is -0.138. The van der Waals surface area contributed by atoms with Crippen LogP contribution in [0.4, 0.5) is 0 Å². The van der Waals surface area contributed by atoms with Gasteiger partial charge in [-0.1, -0.05) is 24.3 Å². The number of carbonyl (C=O) groups is 1. The van der Waals surface area contributed by atoms with Crippen LogP contribution in [0.1, 0.15) is 18.0 Å². The Morgan fingerprint density at radius 2 is 2.06 bits per heavy atom. The van der Waals surface area contributed by atoms with Crippen molar-refractivity contribution < 1.29 is 9.90 Å². The molecule has 0 unspecified atom stereocenters. The number of benzene rings is 1. The van der Waals surface area contributed by atoms with E-state index in [2.05, 4.69) is 4.98 Å². The van der Waals surface area contributed by atoms with Crippen molar-refractivity contribution in [1.82, 2.24) is 4.98 Å². The highest BCUT2D eigenvalue weighted by Crippen LogP contribution is 2.46. The minimum absolute atomic E-state index is 0.113. The Labute approximate surface area is 92.7 Å². The molecule has 1 fully saturated rings. The van der Waals surface area contributed by atoms with Crippen LogP contribution in [0, 0.1) is 5.92 Å². The van der Waals surface area contributed by atoms with Gasteiger partial charge in [-0.05, 0) is 18.6 Å². The lowest BCUT2D eigenvalue weighted by Crippen LogP contribution is -1.99. The average molecular weight is 213 g/mol. The zero-order valence-corrected chi connectivity index (χ0v) is 8.63. The summed E-state index contributed by atoms with van der Waals surface area (Å²) in [5.41, 5.74) is 1.85. The molecule has 1 aromatic carbocycles. The van der Waals surface area contributed by atoms with Gasteiger partial charge >= 0.3 is 5.97 Å². The van der Waals surface area contributed by atoms with Crippen LogP contribution in [0.3, 0.4) is 0 Å². The Morgan fingerprint density at radius 3 is 2.81 bits per heavy atom. The first-order chi connectivity index (χ1) is 7.75. The SMILES string of the molecule is O=C(O)[C@@H]1C[C@H]1c1ccc2ccccc2n1. The number of hydrogen-bond donors (Lipinski definition) is 1. The number of hydrogen-bond acceptors (Lipinski definition) is 2. The standard InChI is InChI=1S/C13H11NO2/c15-13(16)10-7-9(10)12-6-5-8-3-1-2-4-11(8)14-12/h1-6,9-10H,7H2,(H,15,16)/t9-,10-/m1/s1. The van der Waals surface area contributed by atoms with E-state index in [-0.39, 0.29) is 11.8 Å². The summed E-state index contributed by atoms with van der Waals surface area (Å²) in [5, 5.41) is 9.97. The van der Waals surface area contributed by atoms with Crippen LogP contribution in [0.15, 0.2) is 36.4 Å². The normalized spacial score (nSPS) is 23.2. The second kappa shape index (κ2) is 3.30. The quantitative estimate of drug-likeness (QED) is 0.833. The predicted molar refractivity (Wildman–Crippen MR) is 60.2 cm³/mol. The summed E-state index contributed by atoms with van der Waals surface area (Å²) in [4.78, 5) is 15.3. The van der Waals surface area contributed by atoms with E-state index in [1.165, 1.54) is 0 Å². The molecule has 2 atom stereocenters. The summed E-state index contributed by atoms with van der Waals surface area (Å²) >= 11 is 0. The Kier molecular flexibility index (Phi) is 1.93. The molecule has 1 aliphatic rings. The summed E-state index contributed by atoms with van der Waals surface area (Å²) in [6.07, 6.45) is 0.723. The molecule has 0 saturated heterocycles. The molecule has 0 bridgehead atoms. The summed E-state index contributed by atoms with van der Waals surface area (Å²) in [6, 6.07) is 11.8. The number of fused-ring (bicyclic) bond motifs is 1. The van der Waals surface area contributed by atoms with Crippen molar-refractivity contribution in [2.45, 2.75) is 12.3 Å². The van der Waals surface area contributed by atoms with Crippen LogP contribution < -0.4 is 0 Å². The zero-order chi connectivity index (χ0) is 11.1. The molecule has 0 amide bonds. The first-order valence-electron chi connectivity index (χ1n) is 5.34. The molecule has 3 nitrogen and oxygen atoms in total. The number of carboxylic acids is 1. The molecule has 2 aromatic rings. The second-order valence-corrected chi connectivity index (χ2v) is 4.22. The van der Waals surface area contributed by atoms with Crippen molar-refractivity contribution in [3.05, 3.63) is 42.1 Å². The maximum absolute atomic E-state index is 10.8. The van der Waals surface area contributed by atoms with Crippen LogP contribution in [-0.2, 0) is 4.79 Å². The fourth-order valence-corrected chi connectivity index (χ4v) is 2.08. The van der Waals surface area contributed by atoms with Crippen molar-refractivity contribution in [1.29, 1.82) is 0 Å². The van der Waals surface area contributed by atoms with Gasteiger partial charge in [-0.25, -0.2) is 0 Å². The number of carboxylic acid groups (broad SMARTS) is 1. The van der Waals surface area contributed by atoms with Gasteiger partial charge in [-0.15, -0.1) is 0 Å². The molecular weight excluding hydrogens is 202 g/mol. The third-order valence-electron chi connectivity index (χ3n) is 3.11. The molecule has 16 heavy (non-hydrogen) atoms. The van der Waals surface area contributed by atoms with E-state index < -0.39 is 5.97 Å². The van der Waals surface area contributed by atoms with Crippen LogP contribution in [0.25, 0.3) is 10.9 Å². The molecule has 1 heterocycles. The first kappa shape index (κ1) is 9.33. The molecule has 0 spiro atoms. The van der Waals surface area contributed by atoms with Crippen molar-refractivity contribution in [2.24, 2.45) is 5.92 Å². The van der Waals surface area contributed by atoms with E-state index >= 15 is 0 Å². The Balaban J connectivity index is 1.98. The molecule has 1 N–H and O–H groups in total. The monoisotopic (exact) mass is 213 g/mol. The molecule has 80 valence electrons. The van der Waals surface area contributed by atoms with E-state index in [4.69, 9.17) is 5.11 Å². The van der Waals surface area contributed by atoms with Crippen molar-refractivity contribution in [2.75, 3.05) is 0 Å². The first-order valence-corrected chi connectivity index (χ1v) is 5.34. The van der Waals surface area contributed by atoms with Crippen molar-refractivity contribution in [3.63, 3.8) is 0 Å². The smallest absolute Gasteiger partial charge is 0.307 e. The average Bonchev–Trinajstić information content (AvgIpc) is 3.08. The van der Waals surface area contributed by atoms with E-state index in [9.17, 15) is 4.79 Å². The number of para-hydroxylation sites is 1. The van der Waals surface area contributed by atoms with Gasteiger partial charge in [0.25, 0.3) is 0 Å². The highest BCUT2D eigenvalue weighted by Gasteiger charge is 2.45.